The summed E-state index contributed by atoms with van der Waals surface area (Å²) in [6.45, 7) is 4.42. The molecule has 2 rings (SSSR count). The second-order valence-electron chi connectivity index (χ2n) is 4.95. The summed E-state index contributed by atoms with van der Waals surface area (Å²) in [6, 6.07) is 6.28. The largest absolute Gasteiger partial charge is 0.342 e. The molecule has 0 bridgehead atoms. The third-order valence-corrected chi connectivity index (χ3v) is 3.15. The first-order valence-electron chi connectivity index (χ1n) is 6.58. The number of hydrogen-bond acceptors (Lipinski definition) is 4. The van der Waals surface area contributed by atoms with Crippen molar-refractivity contribution < 1.29 is 4.39 Å². The molecule has 0 spiro atoms. The minimum absolute atomic E-state index is 0.255. The van der Waals surface area contributed by atoms with Crippen molar-refractivity contribution >= 4 is 11.4 Å². The summed E-state index contributed by atoms with van der Waals surface area (Å²) in [6.07, 6.45) is 1.77. The number of anilines is 2. The van der Waals surface area contributed by atoms with Gasteiger partial charge in [-0.2, -0.15) is 0 Å². The molecular weight excluding hydrogens is 255 g/mol. The van der Waals surface area contributed by atoms with Crippen LogP contribution in [-0.4, -0.2) is 17.0 Å². The molecule has 20 heavy (non-hydrogen) atoms. The monoisotopic (exact) mass is 274 g/mol. The number of nitrogens with zero attached hydrogens (tertiary/aromatic N) is 3. The van der Waals surface area contributed by atoms with Crippen molar-refractivity contribution in [3.8, 4) is 0 Å². The molecule has 0 radical (unpaired) electrons. The minimum atomic E-state index is -0.257. The number of halogens is 1. The van der Waals surface area contributed by atoms with Crippen LogP contribution < -0.4 is 10.6 Å². The Hall–Kier alpha value is -2.01. The fraction of sp³-hybridized carbons (Fsp3) is 0.333. The lowest BCUT2D eigenvalue weighted by atomic mass is 10.2. The van der Waals surface area contributed by atoms with Gasteiger partial charge in [-0.3, -0.25) is 0 Å². The Kier molecular flexibility index (Phi) is 4.29. The summed E-state index contributed by atoms with van der Waals surface area (Å²) in [5.74, 6) is 0.778. The molecule has 5 heteroatoms. The number of nitrogens with two attached hydrogens (primary N) is 1. The molecule has 0 aliphatic carbocycles. The topological polar surface area (TPSA) is 55.0 Å². The van der Waals surface area contributed by atoms with Gasteiger partial charge in [0.15, 0.2) is 0 Å². The van der Waals surface area contributed by atoms with Crippen molar-refractivity contribution in [1.29, 1.82) is 0 Å². The van der Waals surface area contributed by atoms with Crippen LogP contribution in [0.5, 0.6) is 0 Å². The lowest BCUT2D eigenvalue weighted by molar-refractivity contribution is 0.628. The van der Waals surface area contributed by atoms with Crippen LogP contribution in [0.1, 0.15) is 31.3 Å². The van der Waals surface area contributed by atoms with Crippen LogP contribution in [0, 0.1) is 5.82 Å². The van der Waals surface area contributed by atoms with Crippen molar-refractivity contribution in [2.75, 3.05) is 11.9 Å². The molecule has 0 unspecified atom stereocenters. The number of hydrogen-bond donors (Lipinski definition) is 1. The van der Waals surface area contributed by atoms with E-state index in [1.165, 1.54) is 12.1 Å². The normalized spacial score (nSPS) is 10.9. The van der Waals surface area contributed by atoms with Crippen LogP contribution >= 0.6 is 0 Å². The zero-order chi connectivity index (χ0) is 14.7. The van der Waals surface area contributed by atoms with E-state index in [2.05, 4.69) is 9.97 Å². The first kappa shape index (κ1) is 14.4. The van der Waals surface area contributed by atoms with Gasteiger partial charge < -0.3 is 10.6 Å². The SMILES string of the molecule is CC(C)c1ncc(N(C)c2ccc(F)cc2)c(CN)n1. The quantitative estimate of drug-likeness (QED) is 0.931. The second kappa shape index (κ2) is 5.96. The third-order valence-electron chi connectivity index (χ3n) is 3.15. The van der Waals surface area contributed by atoms with E-state index in [4.69, 9.17) is 5.73 Å². The van der Waals surface area contributed by atoms with Gasteiger partial charge in [-0.15, -0.1) is 0 Å². The van der Waals surface area contributed by atoms with Crippen LogP contribution in [0.4, 0.5) is 15.8 Å². The molecule has 0 amide bonds. The Morgan fingerprint density at radius 2 is 1.90 bits per heavy atom. The maximum absolute atomic E-state index is 13.0. The smallest absolute Gasteiger partial charge is 0.131 e. The first-order valence-corrected chi connectivity index (χ1v) is 6.58. The molecule has 0 fully saturated rings. The summed E-state index contributed by atoms with van der Waals surface area (Å²) in [7, 11) is 1.89. The van der Waals surface area contributed by atoms with E-state index in [1.54, 1.807) is 18.3 Å². The van der Waals surface area contributed by atoms with Crippen molar-refractivity contribution in [1.82, 2.24) is 9.97 Å². The van der Waals surface area contributed by atoms with Gasteiger partial charge in [-0.1, -0.05) is 13.8 Å². The highest BCUT2D eigenvalue weighted by molar-refractivity contribution is 5.63. The van der Waals surface area contributed by atoms with E-state index in [0.29, 0.717) is 6.54 Å². The summed E-state index contributed by atoms with van der Waals surface area (Å²) < 4.78 is 13.0. The molecule has 1 heterocycles. The lowest BCUT2D eigenvalue weighted by Gasteiger charge is -2.22. The van der Waals surface area contributed by atoms with Gasteiger partial charge in [-0.05, 0) is 24.3 Å². The number of aromatic nitrogens is 2. The predicted octanol–water partition coefficient (Wildman–Crippen LogP) is 2.97. The molecule has 0 saturated carbocycles. The van der Waals surface area contributed by atoms with E-state index in [-0.39, 0.29) is 11.7 Å². The Morgan fingerprint density at radius 1 is 1.25 bits per heavy atom. The first-order chi connectivity index (χ1) is 9.52. The maximum Gasteiger partial charge on any atom is 0.131 e. The molecule has 0 atom stereocenters. The highest BCUT2D eigenvalue weighted by Crippen LogP contribution is 2.26. The van der Waals surface area contributed by atoms with Gasteiger partial charge in [-0.25, -0.2) is 14.4 Å². The van der Waals surface area contributed by atoms with Crippen LogP contribution in [0.2, 0.25) is 0 Å². The van der Waals surface area contributed by atoms with E-state index in [1.807, 2.05) is 25.8 Å². The molecule has 106 valence electrons. The van der Waals surface area contributed by atoms with Crippen LogP contribution in [-0.2, 0) is 6.54 Å². The summed E-state index contributed by atoms with van der Waals surface area (Å²) in [5.41, 5.74) is 8.27. The van der Waals surface area contributed by atoms with Crippen LogP contribution in [0.15, 0.2) is 30.5 Å². The van der Waals surface area contributed by atoms with Gasteiger partial charge in [0.05, 0.1) is 17.6 Å². The average Bonchev–Trinajstić information content (AvgIpc) is 2.46. The predicted molar refractivity (Wildman–Crippen MR) is 78.5 cm³/mol. The van der Waals surface area contributed by atoms with Gasteiger partial charge in [0, 0.05) is 25.2 Å². The van der Waals surface area contributed by atoms with Gasteiger partial charge in [0.25, 0.3) is 0 Å². The average molecular weight is 274 g/mol. The standard InChI is InChI=1S/C15H19FN4/c1-10(2)15-18-9-14(13(8-17)19-15)20(3)12-6-4-11(16)5-7-12/h4-7,9-10H,8,17H2,1-3H3. The fourth-order valence-electron chi connectivity index (χ4n) is 1.94. The fourth-order valence-corrected chi connectivity index (χ4v) is 1.94. The Morgan fingerprint density at radius 3 is 2.45 bits per heavy atom. The third kappa shape index (κ3) is 2.93. The molecule has 2 aromatic rings. The molecule has 0 aliphatic heterocycles. The van der Waals surface area contributed by atoms with Gasteiger partial charge in [0.1, 0.15) is 11.6 Å². The van der Waals surface area contributed by atoms with E-state index >= 15 is 0 Å². The van der Waals surface area contributed by atoms with Gasteiger partial charge >= 0.3 is 0 Å². The van der Waals surface area contributed by atoms with Gasteiger partial charge in [0.2, 0.25) is 0 Å². The summed E-state index contributed by atoms with van der Waals surface area (Å²) in [5, 5.41) is 0. The maximum atomic E-state index is 13.0. The van der Waals surface area contributed by atoms with Crippen molar-refractivity contribution in [3.63, 3.8) is 0 Å². The zero-order valence-corrected chi connectivity index (χ0v) is 12.0. The minimum Gasteiger partial charge on any atom is -0.342 e. The molecular formula is C15H19FN4. The highest BCUT2D eigenvalue weighted by atomic mass is 19.1. The van der Waals surface area contributed by atoms with Crippen LogP contribution in [0.3, 0.4) is 0 Å². The molecule has 1 aromatic heterocycles. The zero-order valence-electron chi connectivity index (χ0n) is 12.0. The van der Waals surface area contributed by atoms with Crippen molar-refractivity contribution in [3.05, 3.63) is 47.8 Å². The molecule has 1 aromatic carbocycles. The Balaban J connectivity index is 2.38. The highest BCUT2D eigenvalue weighted by Gasteiger charge is 2.13. The van der Waals surface area contributed by atoms with E-state index in [9.17, 15) is 4.39 Å². The molecule has 0 saturated heterocycles. The van der Waals surface area contributed by atoms with E-state index in [0.717, 1.165) is 22.9 Å². The van der Waals surface area contributed by atoms with Crippen LogP contribution in [0.25, 0.3) is 0 Å². The van der Waals surface area contributed by atoms with Crippen molar-refractivity contribution in [2.45, 2.75) is 26.3 Å². The lowest BCUT2D eigenvalue weighted by Crippen LogP contribution is -2.16. The number of rotatable bonds is 4. The Bertz CT molecular complexity index is 581. The summed E-state index contributed by atoms with van der Waals surface area (Å²) >= 11 is 0. The van der Waals surface area contributed by atoms with E-state index < -0.39 is 0 Å². The Labute approximate surface area is 118 Å². The second-order valence-corrected chi connectivity index (χ2v) is 4.95. The summed E-state index contributed by atoms with van der Waals surface area (Å²) in [4.78, 5) is 10.8. The molecule has 0 aliphatic rings. The molecule has 4 nitrogen and oxygen atoms in total. The number of benzene rings is 1. The molecule has 2 N–H and O–H groups in total. The van der Waals surface area contributed by atoms with Crippen molar-refractivity contribution in [2.24, 2.45) is 5.73 Å².